The first-order valence-electron chi connectivity index (χ1n) is 7.59. The van der Waals surface area contributed by atoms with Gasteiger partial charge in [-0.15, -0.1) is 0 Å². The molecule has 7 nitrogen and oxygen atoms in total. The summed E-state index contributed by atoms with van der Waals surface area (Å²) < 4.78 is 12.6. The number of hydrogen-bond acceptors (Lipinski definition) is 5. The second-order valence-corrected chi connectivity index (χ2v) is 5.59. The zero-order chi connectivity index (χ0) is 16.5. The average Bonchev–Trinajstić information content (AvgIpc) is 3.31. The maximum absolute atomic E-state index is 12.9. The Hall–Kier alpha value is -3.09. The Bertz CT molecular complexity index is 856. The van der Waals surface area contributed by atoms with E-state index < -0.39 is 0 Å². The van der Waals surface area contributed by atoms with E-state index in [1.807, 2.05) is 30.5 Å². The fourth-order valence-electron chi connectivity index (χ4n) is 3.02. The van der Waals surface area contributed by atoms with Gasteiger partial charge in [-0.2, -0.15) is 0 Å². The lowest BCUT2D eigenvalue weighted by molar-refractivity contribution is 0.0551. The molecule has 24 heavy (non-hydrogen) atoms. The molecule has 0 spiro atoms. The molecule has 7 heteroatoms. The van der Waals surface area contributed by atoms with Gasteiger partial charge in [0.05, 0.1) is 25.9 Å². The van der Waals surface area contributed by atoms with Crippen molar-refractivity contribution < 1.29 is 13.9 Å². The van der Waals surface area contributed by atoms with Crippen LogP contribution >= 0.6 is 0 Å². The number of amides is 1. The lowest BCUT2D eigenvalue weighted by atomic mass is 10.0. The Morgan fingerprint density at radius 1 is 1.42 bits per heavy atom. The first-order valence-corrected chi connectivity index (χ1v) is 7.59. The predicted octanol–water partition coefficient (Wildman–Crippen LogP) is 2.28. The summed E-state index contributed by atoms with van der Waals surface area (Å²) in [6, 6.07) is 7.62. The van der Waals surface area contributed by atoms with Crippen LogP contribution in [0.15, 0.2) is 53.7 Å². The Balaban J connectivity index is 1.74. The Morgan fingerprint density at radius 3 is 3.12 bits per heavy atom. The summed E-state index contributed by atoms with van der Waals surface area (Å²) in [5.41, 5.74) is 1.00. The average molecular weight is 324 g/mol. The lowest BCUT2D eigenvalue weighted by Crippen LogP contribution is -2.41. The number of fused-ring (bicyclic) bond motifs is 1. The monoisotopic (exact) mass is 324 g/mol. The number of aromatic nitrogens is 3. The topological polar surface area (TPSA) is 73.4 Å². The highest BCUT2D eigenvalue weighted by Gasteiger charge is 2.33. The van der Waals surface area contributed by atoms with Crippen LogP contribution < -0.4 is 4.74 Å². The lowest BCUT2D eigenvalue weighted by Gasteiger charge is -2.36. The van der Waals surface area contributed by atoms with E-state index in [0.717, 1.165) is 17.1 Å². The van der Waals surface area contributed by atoms with Gasteiger partial charge < -0.3 is 18.6 Å². The molecule has 0 bridgehead atoms. The van der Waals surface area contributed by atoms with E-state index in [2.05, 4.69) is 14.5 Å². The highest BCUT2D eigenvalue weighted by Crippen LogP contribution is 2.32. The van der Waals surface area contributed by atoms with Crippen LogP contribution in [-0.2, 0) is 13.1 Å². The molecule has 4 rings (SSSR count). The molecule has 0 N–H and O–H groups in total. The largest absolute Gasteiger partial charge is 0.497 e. The smallest absolute Gasteiger partial charge is 0.292 e. The van der Waals surface area contributed by atoms with Crippen molar-refractivity contribution in [2.75, 3.05) is 7.11 Å². The summed E-state index contributed by atoms with van der Waals surface area (Å²) in [5.74, 6) is 1.63. The van der Waals surface area contributed by atoms with E-state index in [9.17, 15) is 4.79 Å². The van der Waals surface area contributed by atoms with Crippen LogP contribution in [0.3, 0.4) is 0 Å². The maximum Gasteiger partial charge on any atom is 0.292 e. The number of imidazole rings is 1. The molecule has 122 valence electrons. The molecule has 1 aliphatic rings. The molecule has 2 aromatic heterocycles. The molecule has 1 unspecified atom stereocenters. The Kier molecular flexibility index (Phi) is 3.53. The molecule has 3 heterocycles. The molecule has 3 aromatic rings. The van der Waals surface area contributed by atoms with E-state index in [1.54, 1.807) is 18.2 Å². The molecular weight excluding hydrogens is 308 g/mol. The van der Waals surface area contributed by atoms with Gasteiger partial charge in [0.2, 0.25) is 5.76 Å². The predicted molar refractivity (Wildman–Crippen MR) is 84.3 cm³/mol. The van der Waals surface area contributed by atoms with Gasteiger partial charge in [0.15, 0.2) is 6.39 Å². The van der Waals surface area contributed by atoms with Crippen LogP contribution in [0.4, 0.5) is 0 Å². The molecular formula is C17H16N4O3. The third kappa shape index (κ3) is 2.44. The van der Waals surface area contributed by atoms with Crippen LogP contribution in [0.5, 0.6) is 5.75 Å². The third-order valence-corrected chi connectivity index (χ3v) is 4.24. The molecule has 0 radical (unpaired) electrons. The first-order chi connectivity index (χ1) is 11.8. The van der Waals surface area contributed by atoms with Crippen molar-refractivity contribution in [3.05, 3.63) is 66.4 Å². The van der Waals surface area contributed by atoms with Gasteiger partial charge in [-0.05, 0) is 17.7 Å². The Morgan fingerprint density at radius 2 is 2.33 bits per heavy atom. The molecule has 1 aromatic carbocycles. The Labute approximate surface area is 138 Å². The van der Waals surface area contributed by atoms with Crippen molar-refractivity contribution in [2.24, 2.45) is 0 Å². The zero-order valence-corrected chi connectivity index (χ0v) is 13.1. The van der Waals surface area contributed by atoms with Gasteiger partial charge in [-0.1, -0.05) is 12.1 Å². The quantitative estimate of drug-likeness (QED) is 0.739. The zero-order valence-electron chi connectivity index (χ0n) is 13.1. The number of methoxy groups -OCH3 is 1. The number of carbonyl (C=O) groups is 1. The van der Waals surface area contributed by atoms with Crippen molar-refractivity contribution >= 4 is 5.91 Å². The minimum atomic E-state index is -0.199. The number of hydrogen-bond donors (Lipinski definition) is 0. The second kappa shape index (κ2) is 5.84. The van der Waals surface area contributed by atoms with Gasteiger partial charge in [0, 0.05) is 18.9 Å². The molecule has 0 saturated heterocycles. The summed E-state index contributed by atoms with van der Waals surface area (Å²) in [4.78, 5) is 22.8. The molecule has 1 amide bonds. The highest BCUT2D eigenvalue weighted by molar-refractivity contribution is 5.91. The van der Waals surface area contributed by atoms with Gasteiger partial charge >= 0.3 is 0 Å². The number of ether oxygens (including phenoxy) is 1. The van der Waals surface area contributed by atoms with Crippen molar-refractivity contribution in [3.63, 3.8) is 0 Å². The summed E-state index contributed by atoms with van der Waals surface area (Å²) in [6.45, 7) is 1.04. The SMILES string of the molecule is COc1cccc(C2Cn3ccnc3CN2C(=O)c2cnco2)c1. The third-order valence-electron chi connectivity index (χ3n) is 4.24. The summed E-state index contributed by atoms with van der Waals surface area (Å²) in [5, 5.41) is 0. The van der Waals surface area contributed by atoms with E-state index in [-0.39, 0.29) is 17.7 Å². The minimum Gasteiger partial charge on any atom is -0.497 e. The van der Waals surface area contributed by atoms with Gasteiger partial charge in [-0.3, -0.25) is 4.79 Å². The molecule has 0 aliphatic carbocycles. The maximum atomic E-state index is 12.9. The van der Waals surface area contributed by atoms with Gasteiger partial charge in [-0.25, -0.2) is 9.97 Å². The first kappa shape index (κ1) is 14.5. The van der Waals surface area contributed by atoms with Crippen LogP contribution in [-0.4, -0.2) is 32.5 Å². The van der Waals surface area contributed by atoms with Crippen LogP contribution in [0.2, 0.25) is 0 Å². The van der Waals surface area contributed by atoms with Crippen molar-refractivity contribution in [2.45, 2.75) is 19.1 Å². The number of rotatable bonds is 3. The second-order valence-electron chi connectivity index (χ2n) is 5.59. The standard InChI is InChI=1S/C17H16N4O3/c1-23-13-4-2-3-12(7-13)14-9-20-6-5-19-16(20)10-21(14)17(22)15-8-18-11-24-15/h2-8,11,14H,9-10H2,1H3. The van der Waals surface area contributed by atoms with Crippen molar-refractivity contribution in [3.8, 4) is 5.75 Å². The summed E-state index contributed by atoms with van der Waals surface area (Å²) >= 11 is 0. The normalized spacial score (nSPS) is 16.7. The van der Waals surface area contributed by atoms with E-state index in [4.69, 9.17) is 9.15 Å². The van der Waals surface area contributed by atoms with Crippen molar-refractivity contribution in [1.29, 1.82) is 0 Å². The van der Waals surface area contributed by atoms with Crippen molar-refractivity contribution in [1.82, 2.24) is 19.4 Å². The van der Waals surface area contributed by atoms with Crippen LogP contribution in [0, 0.1) is 0 Å². The number of benzene rings is 1. The molecule has 1 aliphatic heterocycles. The summed E-state index contributed by atoms with van der Waals surface area (Å²) in [6.07, 6.45) is 6.38. The highest BCUT2D eigenvalue weighted by atomic mass is 16.5. The van der Waals surface area contributed by atoms with E-state index >= 15 is 0 Å². The molecule has 0 saturated carbocycles. The van der Waals surface area contributed by atoms with Crippen LogP contribution in [0.1, 0.15) is 28.0 Å². The molecule has 1 atom stereocenters. The summed E-state index contributed by atoms with van der Waals surface area (Å²) in [7, 11) is 1.63. The minimum absolute atomic E-state index is 0.139. The number of oxazole rings is 1. The van der Waals surface area contributed by atoms with Crippen LogP contribution in [0.25, 0.3) is 0 Å². The van der Waals surface area contributed by atoms with E-state index in [0.29, 0.717) is 13.1 Å². The fourth-order valence-corrected chi connectivity index (χ4v) is 3.02. The fraction of sp³-hybridized carbons (Fsp3) is 0.235. The van der Waals surface area contributed by atoms with Gasteiger partial charge in [0.1, 0.15) is 11.6 Å². The number of carbonyl (C=O) groups excluding carboxylic acids is 1. The molecule has 0 fully saturated rings. The number of nitrogens with zero attached hydrogens (tertiary/aromatic N) is 4. The van der Waals surface area contributed by atoms with Gasteiger partial charge in [0.25, 0.3) is 5.91 Å². The van der Waals surface area contributed by atoms with E-state index in [1.165, 1.54) is 12.6 Å².